The number of carbonyl (C=O) groups is 1. The maximum absolute atomic E-state index is 12.4. The first-order chi connectivity index (χ1) is 9.34. The molecule has 0 saturated heterocycles. The van der Waals surface area contributed by atoms with Crippen LogP contribution in [0.25, 0.3) is 0 Å². The maximum Gasteiger partial charge on any atom is 0.417 e. The van der Waals surface area contributed by atoms with Gasteiger partial charge in [0.25, 0.3) is 0 Å². The third-order valence-electron chi connectivity index (χ3n) is 2.21. The molecule has 2 N–H and O–H groups in total. The Morgan fingerprint density at radius 2 is 2.20 bits per heavy atom. The van der Waals surface area contributed by atoms with Crippen LogP contribution in [0.3, 0.4) is 0 Å². The van der Waals surface area contributed by atoms with E-state index >= 15 is 0 Å². The van der Waals surface area contributed by atoms with Crippen LogP contribution in [-0.4, -0.2) is 37.7 Å². The lowest BCUT2D eigenvalue weighted by atomic mass is 10.3. The Morgan fingerprint density at radius 3 is 2.75 bits per heavy atom. The number of nitrogens with zero attached hydrogens (tertiary/aromatic N) is 1. The van der Waals surface area contributed by atoms with E-state index in [1.54, 1.807) is 0 Å². The summed E-state index contributed by atoms with van der Waals surface area (Å²) in [4.78, 5) is 14.9. The van der Waals surface area contributed by atoms with E-state index in [4.69, 9.17) is 16.3 Å². The molecule has 0 fully saturated rings. The molecule has 0 aliphatic heterocycles. The van der Waals surface area contributed by atoms with Crippen molar-refractivity contribution >= 4 is 23.3 Å². The number of alkyl halides is 3. The molecule has 5 nitrogen and oxygen atoms in total. The zero-order chi connectivity index (χ0) is 15.2. The number of hydrogen-bond donors (Lipinski definition) is 2. The van der Waals surface area contributed by atoms with Crippen LogP contribution in [0.1, 0.15) is 5.56 Å². The highest BCUT2D eigenvalue weighted by Crippen LogP contribution is 2.32. The van der Waals surface area contributed by atoms with Crippen LogP contribution < -0.4 is 10.6 Å². The molecule has 0 bridgehead atoms. The molecule has 20 heavy (non-hydrogen) atoms. The summed E-state index contributed by atoms with van der Waals surface area (Å²) in [7, 11) is 1.50. The Morgan fingerprint density at radius 1 is 1.50 bits per heavy atom. The summed E-state index contributed by atoms with van der Waals surface area (Å²) in [5, 5.41) is 4.88. The first-order valence-corrected chi connectivity index (χ1v) is 5.94. The Balaban J connectivity index is 2.55. The number of rotatable bonds is 6. The summed E-state index contributed by atoms with van der Waals surface area (Å²) < 4.78 is 41.9. The lowest BCUT2D eigenvalue weighted by Gasteiger charge is -2.10. The van der Waals surface area contributed by atoms with E-state index in [-0.39, 0.29) is 23.3 Å². The van der Waals surface area contributed by atoms with Gasteiger partial charge in [0.05, 0.1) is 23.7 Å². The Bertz CT molecular complexity index is 469. The van der Waals surface area contributed by atoms with Gasteiger partial charge in [-0.2, -0.15) is 13.2 Å². The van der Waals surface area contributed by atoms with Crippen LogP contribution in [0.15, 0.2) is 12.3 Å². The third kappa shape index (κ3) is 5.22. The number of pyridine rings is 1. The van der Waals surface area contributed by atoms with Crippen LogP contribution >= 0.6 is 11.6 Å². The van der Waals surface area contributed by atoms with Gasteiger partial charge in [-0.1, -0.05) is 11.6 Å². The van der Waals surface area contributed by atoms with E-state index in [0.29, 0.717) is 19.3 Å². The zero-order valence-corrected chi connectivity index (χ0v) is 11.3. The van der Waals surface area contributed by atoms with E-state index in [2.05, 4.69) is 15.6 Å². The van der Waals surface area contributed by atoms with E-state index in [1.165, 1.54) is 7.11 Å². The SMILES string of the molecule is COCCNC(=O)CNc1ncc(C(F)(F)F)cc1Cl. The highest BCUT2D eigenvalue weighted by atomic mass is 35.5. The summed E-state index contributed by atoms with van der Waals surface area (Å²) in [5.41, 5.74) is -0.947. The first kappa shape index (κ1) is 16.5. The van der Waals surface area contributed by atoms with Gasteiger partial charge in [-0.3, -0.25) is 4.79 Å². The normalized spacial score (nSPS) is 11.2. The predicted octanol–water partition coefficient (Wildman–Crippen LogP) is 1.93. The van der Waals surface area contributed by atoms with Crippen molar-refractivity contribution in [2.45, 2.75) is 6.18 Å². The number of carbonyl (C=O) groups excluding carboxylic acids is 1. The number of anilines is 1. The standard InChI is InChI=1S/C11H13ClF3N3O2/c1-20-3-2-16-9(19)6-18-10-8(12)4-7(5-17-10)11(13,14)15/h4-5H,2-3,6H2,1H3,(H,16,19)(H,17,18). The number of halogens is 4. The van der Waals surface area contributed by atoms with Crippen molar-refractivity contribution in [1.82, 2.24) is 10.3 Å². The number of hydrogen-bond acceptors (Lipinski definition) is 4. The molecule has 1 rings (SSSR count). The minimum atomic E-state index is -4.51. The van der Waals surface area contributed by atoms with Crippen molar-refractivity contribution in [2.24, 2.45) is 0 Å². The number of ether oxygens (including phenoxy) is 1. The zero-order valence-electron chi connectivity index (χ0n) is 10.6. The fraction of sp³-hybridized carbons (Fsp3) is 0.455. The van der Waals surface area contributed by atoms with Gasteiger partial charge >= 0.3 is 6.18 Å². The van der Waals surface area contributed by atoms with Gasteiger partial charge < -0.3 is 15.4 Å². The number of aromatic nitrogens is 1. The molecule has 0 unspecified atom stereocenters. The van der Waals surface area contributed by atoms with Crippen LogP contribution in [-0.2, 0) is 15.7 Å². The van der Waals surface area contributed by atoms with E-state index < -0.39 is 11.7 Å². The molecule has 112 valence electrons. The summed E-state index contributed by atoms with van der Waals surface area (Å²) >= 11 is 5.67. The average molecular weight is 312 g/mol. The van der Waals surface area contributed by atoms with Crippen molar-refractivity contribution in [1.29, 1.82) is 0 Å². The van der Waals surface area contributed by atoms with Crippen LogP contribution in [0.5, 0.6) is 0 Å². The molecule has 0 saturated carbocycles. The van der Waals surface area contributed by atoms with Crippen molar-refractivity contribution in [3.63, 3.8) is 0 Å². The molecule has 0 radical (unpaired) electrons. The topological polar surface area (TPSA) is 63.2 Å². The number of nitrogens with one attached hydrogen (secondary N) is 2. The molecule has 0 aliphatic rings. The Kier molecular flexibility index (Phi) is 6.03. The van der Waals surface area contributed by atoms with Crippen molar-refractivity contribution < 1.29 is 22.7 Å². The molecule has 1 aromatic rings. The Hall–Kier alpha value is -1.54. The molecular formula is C11H13ClF3N3O2. The predicted molar refractivity (Wildman–Crippen MR) is 67.6 cm³/mol. The van der Waals surface area contributed by atoms with Gasteiger partial charge in [0.2, 0.25) is 5.91 Å². The maximum atomic E-state index is 12.4. The molecule has 0 atom stereocenters. The van der Waals surface area contributed by atoms with Crippen LogP contribution in [0, 0.1) is 0 Å². The fourth-order valence-electron chi connectivity index (χ4n) is 1.24. The lowest BCUT2D eigenvalue weighted by molar-refractivity contribution is -0.137. The lowest BCUT2D eigenvalue weighted by Crippen LogP contribution is -2.32. The summed E-state index contributed by atoms with van der Waals surface area (Å²) in [6.45, 7) is 0.554. The third-order valence-corrected chi connectivity index (χ3v) is 2.50. The molecule has 9 heteroatoms. The van der Waals surface area contributed by atoms with Crippen LogP contribution in [0.4, 0.5) is 19.0 Å². The van der Waals surface area contributed by atoms with E-state index in [9.17, 15) is 18.0 Å². The van der Waals surface area contributed by atoms with Gasteiger partial charge in [0.1, 0.15) is 5.82 Å². The van der Waals surface area contributed by atoms with E-state index in [1.807, 2.05) is 0 Å². The van der Waals surface area contributed by atoms with Gasteiger partial charge in [-0.05, 0) is 6.07 Å². The first-order valence-electron chi connectivity index (χ1n) is 5.57. The van der Waals surface area contributed by atoms with E-state index in [0.717, 1.165) is 6.07 Å². The second-order valence-corrected chi connectivity index (χ2v) is 4.16. The van der Waals surface area contributed by atoms with Gasteiger partial charge in [-0.25, -0.2) is 4.98 Å². The fourth-order valence-corrected chi connectivity index (χ4v) is 1.48. The molecule has 0 aromatic carbocycles. The van der Waals surface area contributed by atoms with Gasteiger partial charge in [-0.15, -0.1) is 0 Å². The summed E-state index contributed by atoms with van der Waals surface area (Å²) in [6, 6.07) is 0.750. The van der Waals surface area contributed by atoms with Gasteiger partial charge in [0.15, 0.2) is 0 Å². The molecular weight excluding hydrogens is 299 g/mol. The molecule has 1 aromatic heterocycles. The second kappa shape index (κ2) is 7.30. The highest BCUT2D eigenvalue weighted by molar-refractivity contribution is 6.33. The Labute approximate surface area is 118 Å². The van der Waals surface area contributed by atoms with Crippen molar-refractivity contribution in [3.05, 3.63) is 22.8 Å². The monoisotopic (exact) mass is 311 g/mol. The van der Waals surface area contributed by atoms with Crippen LogP contribution in [0.2, 0.25) is 5.02 Å². The molecule has 0 spiro atoms. The minimum Gasteiger partial charge on any atom is -0.383 e. The minimum absolute atomic E-state index is 0.0153. The summed E-state index contributed by atoms with van der Waals surface area (Å²) in [6.07, 6.45) is -3.86. The smallest absolute Gasteiger partial charge is 0.383 e. The molecule has 1 amide bonds. The average Bonchev–Trinajstić information content (AvgIpc) is 2.36. The summed E-state index contributed by atoms with van der Waals surface area (Å²) in [5.74, 6) is -0.332. The van der Waals surface area contributed by atoms with Crippen molar-refractivity contribution in [3.8, 4) is 0 Å². The number of amides is 1. The van der Waals surface area contributed by atoms with Crippen molar-refractivity contribution in [2.75, 3.05) is 32.1 Å². The van der Waals surface area contributed by atoms with Gasteiger partial charge in [0, 0.05) is 19.9 Å². The highest BCUT2D eigenvalue weighted by Gasteiger charge is 2.31. The number of methoxy groups -OCH3 is 1. The molecule has 1 heterocycles. The molecule has 0 aliphatic carbocycles. The largest absolute Gasteiger partial charge is 0.417 e. The second-order valence-electron chi connectivity index (χ2n) is 3.75. The quantitative estimate of drug-likeness (QED) is 0.788.